The van der Waals surface area contributed by atoms with Crippen LogP contribution >= 0.6 is 0 Å². The molecular formula is C25H38N4O4. The summed E-state index contributed by atoms with van der Waals surface area (Å²) in [7, 11) is 0. The summed E-state index contributed by atoms with van der Waals surface area (Å²) < 4.78 is 7.51. The van der Waals surface area contributed by atoms with Gasteiger partial charge < -0.3 is 20.5 Å². The smallest absolute Gasteiger partial charge is 0.258 e. The molecule has 0 radical (unpaired) electrons. The van der Waals surface area contributed by atoms with Crippen molar-refractivity contribution in [2.24, 2.45) is 17.3 Å². The molecule has 2 amide bonds. The zero-order chi connectivity index (χ0) is 24.0. The average Bonchev–Trinajstić information content (AvgIpc) is 3.06. The fraction of sp³-hybridized carbons (Fsp3) is 0.720. The van der Waals surface area contributed by atoms with E-state index in [0.29, 0.717) is 36.2 Å². The summed E-state index contributed by atoms with van der Waals surface area (Å²) in [6, 6.07) is 0. The first-order chi connectivity index (χ1) is 15.4. The Bertz CT molecular complexity index is 934. The van der Waals surface area contributed by atoms with Crippen LogP contribution in [0.4, 0.5) is 0 Å². The van der Waals surface area contributed by atoms with Gasteiger partial charge in [0.1, 0.15) is 5.56 Å². The Morgan fingerprint density at radius 2 is 1.97 bits per heavy atom. The van der Waals surface area contributed by atoms with E-state index >= 15 is 0 Å². The van der Waals surface area contributed by atoms with Crippen molar-refractivity contribution in [1.29, 1.82) is 0 Å². The van der Waals surface area contributed by atoms with Crippen molar-refractivity contribution in [3.05, 3.63) is 17.8 Å². The van der Waals surface area contributed by atoms with Gasteiger partial charge in [0, 0.05) is 18.3 Å². The molecular weight excluding hydrogens is 420 g/mol. The van der Waals surface area contributed by atoms with Crippen molar-refractivity contribution in [3.63, 3.8) is 0 Å². The second-order valence-corrected chi connectivity index (χ2v) is 11.3. The van der Waals surface area contributed by atoms with Crippen LogP contribution < -0.4 is 15.4 Å². The molecule has 8 nitrogen and oxygen atoms in total. The number of nitrogens with zero attached hydrogens (tertiary/aromatic N) is 2. The highest BCUT2D eigenvalue weighted by Gasteiger charge is 2.57. The van der Waals surface area contributed by atoms with Crippen LogP contribution in [0, 0.1) is 17.3 Å². The van der Waals surface area contributed by atoms with Crippen molar-refractivity contribution in [2.45, 2.75) is 90.4 Å². The summed E-state index contributed by atoms with van der Waals surface area (Å²) >= 11 is 0. The van der Waals surface area contributed by atoms with Gasteiger partial charge >= 0.3 is 0 Å². The quantitative estimate of drug-likeness (QED) is 0.555. The van der Waals surface area contributed by atoms with Gasteiger partial charge in [0.15, 0.2) is 0 Å². The van der Waals surface area contributed by atoms with Crippen molar-refractivity contribution in [3.8, 4) is 5.88 Å². The van der Waals surface area contributed by atoms with E-state index < -0.39 is 11.0 Å². The number of carbonyl (C=O) groups is 2. The predicted molar refractivity (Wildman–Crippen MR) is 126 cm³/mol. The van der Waals surface area contributed by atoms with Crippen molar-refractivity contribution >= 4 is 18.0 Å². The maximum Gasteiger partial charge on any atom is 0.258 e. The van der Waals surface area contributed by atoms with E-state index in [4.69, 9.17) is 4.74 Å². The van der Waals surface area contributed by atoms with Crippen LogP contribution in [0.2, 0.25) is 0 Å². The number of hydrogen-bond acceptors (Lipinski definition) is 5. The van der Waals surface area contributed by atoms with Crippen LogP contribution in [-0.4, -0.2) is 50.5 Å². The van der Waals surface area contributed by atoms with Crippen LogP contribution in [0.5, 0.6) is 5.88 Å². The number of hydrogen-bond donors (Lipinski definition) is 3. The standard InChI is InChI=1S/C25H38N4O4/c1-6-26-22(31)23(4,5)7-8-29-21(33-16(2)3)19(14-27-29)20(30)28-24-10-17-9-18(11-24)13-25(32,12-17)15-24/h7-8,14,16-18,32H,6,9-13,15H2,1-5H3,(H,26,31)(H,28,30)/b8-7+. The molecule has 4 aliphatic rings. The number of aliphatic hydroxyl groups is 1. The lowest BCUT2D eigenvalue weighted by atomic mass is 9.51. The lowest BCUT2D eigenvalue weighted by Crippen LogP contribution is -2.65. The van der Waals surface area contributed by atoms with Crippen LogP contribution in [0.1, 0.15) is 83.5 Å². The molecule has 4 aliphatic carbocycles. The zero-order valence-electron chi connectivity index (χ0n) is 20.5. The minimum atomic E-state index is -0.742. The molecule has 1 aromatic rings. The largest absolute Gasteiger partial charge is 0.474 e. The van der Waals surface area contributed by atoms with Crippen molar-refractivity contribution in [2.75, 3.05) is 6.54 Å². The zero-order valence-corrected chi connectivity index (χ0v) is 20.5. The SMILES string of the molecule is CCNC(=O)C(C)(C)/C=C/n1ncc(C(=O)NC23CC4CC(CC(O)(C4)C2)C3)c1OC(C)C. The topological polar surface area (TPSA) is 105 Å². The fourth-order valence-electron chi connectivity index (χ4n) is 6.34. The van der Waals surface area contributed by atoms with Gasteiger partial charge in [-0.3, -0.25) is 9.59 Å². The van der Waals surface area contributed by atoms with E-state index in [1.165, 1.54) is 10.9 Å². The Morgan fingerprint density at radius 1 is 1.30 bits per heavy atom. The van der Waals surface area contributed by atoms with Gasteiger partial charge in [-0.05, 0) is 85.0 Å². The van der Waals surface area contributed by atoms with Crippen LogP contribution in [-0.2, 0) is 4.79 Å². The van der Waals surface area contributed by atoms with Gasteiger partial charge in [0.25, 0.3) is 5.91 Å². The number of amides is 2. The van der Waals surface area contributed by atoms with Crippen LogP contribution in [0.3, 0.4) is 0 Å². The highest BCUT2D eigenvalue weighted by molar-refractivity contribution is 5.97. The summed E-state index contributed by atoms with van der Waals surface area (Å²) in [6.45, 7) is 9.89. The molecule has 182 valence electrons. The predicted octanol–water partition coefficient (Wildman–Crippen LogP) is 3.12. The first-order valence-corrected chi connectivity index (χ1v) is 12.2. The van der Waals surface area contributed by atoms with E-state index in [1.54, 1.807) is 12.3 Å². The van der Waals surface area contributed by atoms with Crippen LogP contribution in [0.25, 0.3) is 6.20 Å². The van der Waals surface area contributed by atoms with Crippen molar-refractivity contribution < 1.29 is 19.4 Å². The molecule has 4 bridgehead atoms. The third-order valence-corrected chi connectivity index (χ3v) is 7.31. The first kappa shape index (κ1) is 23.8. The highest BCUT2D eigenvalue weighted by atomic mass is 16.5. The summed E-state index contributed by atoms with van der Waals surface area (Å²) in [5, 5.41) is 21.5. The van der Waals surface area contributed by atoms with Crippen LogP contribution in [0.15, 0.2) is 12.3 Å². The van der Waals surface area contributed by atoms with Crippen molar-refractivity contribution in [1.82, 2.24) is 20.4 Å². The number of nitrogens with one attached hydrogen (secondary N) is 2. The van der Waals surface area contributed by atoms with E-state index in [1.807, 2.05) is 34.6 Å². The fourth-order valence-corrected chi connectivity index (χ4v) is 6.34. The number of aromatic nitrogens is 2. The van der Waals surface area contributed by atoms with Gasteiger partial charge in [-0.15, -0.1) is 0 Å². The summed E-state index contributed by atoms with van der Waals surface area (Å²) in [5.74, 6) is 1.00. The Labute approximate surface area is 196 Å². The molecule has 33 heavy (non-hydrogen) atoms. The molecule has 0 aliphatic heterocycles. The van der Waals surface area contributed by atoms with Gasteiger partial charge in [0.2, 0.25) is 11.8 Å². The molecule has 3 N–H and O–H groups in total. The summed E-state index contributed by atoms with van der Waals surface area (Å²) in [6.07, 6.45) is 10.1. The monoisotopic (exact) mass is 458 g/mol. The molecule has 2 unspecified atom stereocenters. The molecule has 4 fully saturated rings. The molecule has 5 rings (SSSR count). The second kappa shape index (κ2) is 8.46. The molecule has 1 aromatic heterocycles. The summed E-state index contributed by atoms with van der Waals surface area (Å²) in [4.78, 5) is 25.8. The molecule has 0 aromatic carbocycles. The Morgan fingerprint density at radius 3 is 2.55 bits per heavy atom. The van der Waals surface area contributed by atoms with E-state index in [-0.39, 0.29) is 23.5 Å². The number of rotatable bonds is 8. The molecule has 2 atom stereocenters. The van der Waals surface area contributed by atoms with Gasteiger partial charge in [-0.25, -0.2) is 4.68 Å². The number of carbonyl (C=O) groups excluding carboxylic acids is 2. The van der Waals surface area contributed by atoms with Gasteiger partial charge in [-0.2, -0.15) is 5.10 Å². The molecule has 0 spiro atoms. The maximum atomic E-state index is 13.4. The Hall–Kier alpha value is -2.35. The Kier molecular flexibility index (Phi) is 6.10. The lowest BCUT2D eigenvalue weighted by Gasteiger charge is -2.60. The second-order valence-electron chi connectivity index (χ2n) is 11.3. The Balaban J connectivity index is 1.57. The van der Waals surface area contributed by atoms with E-state index in [9.17, 15) is 14.7 Å². The number of ether oxygens (including phenoxy) is 1. The van der Waals surface area contributed by atoms with E-state index in [0.717, 1.165) is 32.1 Å². The van der Waals surface area contributed by atoms with Gasteiger partial charge in [-0.1, -0.05) is 6.08 Å². The lowest BCUT2D eigenvalue weighted by molar-refractivity contribution is -0.139. The third-order valence-electron chi connectivity index (χ3n) is 7.31. The highest BCUT2D eigenvalue weighted by Crippen LogP contribution is 2.57. The molecule has 4 saturated carbocycles. The maximum absolute atomic E-state index is 13.4. The first-order valence-electron chi connectivity index (χ1n) is 12.2. The molecule has 0 saturated heterocycles. The minimum Gasteiger partial charge on any atom is -0.474 e. The molecule has 8 heteroatoms. The summed E-state index contributed by atoms with van der Waals surface area (Å²) in [5.41, 5.74) is -1.38. The van der Waals surface area contributed by atoms with E-state index in [2.05, 4.69) is 15.7 Å². The average molecular weight is 459 g/mol. The minimum absolute atomic E-state index is 0.0857. The van der Waals surface area contributed by atoms with Gasteiger partial charge in [0.05, 0.1) is 23.3 Å². The normalized spacial score (nSPS) is 30.8. The molecule has 1 heterocycles. The third kappa shape index (κ3) is 4.81.